The van der Waals surface area contributed by atoms with Crippen molar-refractivity contribution in [2.45, 2.75) is 25.3 Å². The van der Waals surface area contributed by atoms with E-state index in [1.807, 2.05) is 0 Å². The van der Waals surface area contributed by atoms with Crippen LogP contribution in [0.4, 0.5) is 0 Å². The molecule has 2 atom stereocenters. The zero-order chi connectivity index (χ0) is 12.1. The molecular formula is C13H26N2OS. The summed E-state index contributed by atoms with van der Waals surface area (Å²) in [6.07, 6.45) is 4.08. The van der Waals surface area contributed by atoms with Gasteiger partial charge in [0.25, 0.3) is 0 Å². The Balaban J connectivity index is 1.62. The zero-order valence-electron chi connectivity index (χ0n) is 10.9. The van der Waals surface area contributed by atoms with Crippen LogP contribution >= 0.6 is 11.8 Å². The minimum Gasteiger partial charge on any atom is -0.380 e. The predicted molar refractivity (Wildman–Crippen MR) is 74.4 cm³/mol. The molecule has 3 nitrogen and oxygen atoms in total. The van der Waals surface area contributed by atoms with Crippen molar-refractivity contribution in [3.05, 3.63) is 0 Å². The first-order valence-corrected chi connectivity index (χ1v) is 8.02. The summed E-state index contributed by atoms with van der Waals surface area (Å²) in [6, 6.07) is 0.550. The van der Waals surface area contributed by atoms with Crippen molar-refractivity contribution < 1.29 is 4.74 Å². The number of nitrogens with zero attached hydrogens (tertiary/aromatic N) is 1. The molecule has 2 aliphatic rings. The first kappa shape index (κ1) is 13.7. The summed E-state index contributed by atoms with van der Waals surface area (Å²) in [5, 5.41) is 0. The quantitative estimate of drug-likeness (QED) is 0.668. The van der Waals surface area contributed by atoms with Crippen LogP contribution in [0.5, 0.6) is 0 Å². The Labute approximate surface area is 109 Å². The molecule has 17 heavy (non-hydrogen) atoms. The minimum absolute atomic E-state index is 0.550. The second kappa shape index (κ2) is 6.98. The van der Waals surface area contributed by atoms with Gasteiger partial charge in [-0.2, -0.15) is 11.8 Å². The SMILES string of the molecule is CN(CCOCC1CC1)C(CN)C1CCSC1. The molecule has 0 amide bonds. The van der Waals surface area contributed by atoms with Crippen LogP contribution in [-0.4, -0.2) is 55.8 Å². The first-order chi connectivity index (χ1) is 8.31. The summed E-state index contributed by atoms with van der Waals surface area (Å²) in [5.74, 6) is 4.26. The maximum absolute atomic E-state index is 5.92. The average molecular weight is 258 g/mol. The van der Waals surface area contributed by atoms with Crippen LogP contribution in [0.2, 0.25) is 0 Å². The third-order valence-corrected chi connectivity index (χ3v) is 5.14. The zero-order valence-corrected chi connectivity index (χ0v) is 11.8. The summed E-state index contributed by atoms with van der Waals surface area (Å²) in [6.45, 7) is 3.64. The van der Waals surface area contributed by atoms with Crippen LogP contribution in [0, 0.1) is 11.8 Å². The van der Waals surface area contributed by atoms with Crippen molar-refractivity contribution in [2.24, 2.45) is 17.6 Å². The summed E-state index contributed by atoms with van der Waals surface area (Å²) >= 11 is 2.07. The molecule has 2 unspecified atom stereocenters. The summed E-state index contributed by atoms with van der Waals surface area (Å²) in [5.41, 5.74) is 5.92. The lowest BCUT2D eigenvalue weighted by Crippen LogP contribution is -2.45. The standard InChI is InChI=1S/C13H26N2OS/c1-15(5-6-16-9-11-2-3-11)13(8-14)12-4-7-17-10-12/h11-13H,2-10,14H2,1H3. The summed E-state index contributed by atoms with van der Waals surface area (Å²) in [4.78, 5) is 2.41. The van der Waals surface area contributed by atoms with Crippen molar-refractivity contribution in [1.82, 2.24) is 4.90 Å². The first-order valence-electron chi connectivity index (χ1n) is 6.87. The fraction of sp³-hybridized carbons (Fsp3) is 1.00. The summed E-state index contributed by atoms with van der Waals surface area (Å²) in [7, 11) is 2.20. The molecule has 1 aliphatic carbocycles. The van der Waals surface area contributed by atoms with Gasteiger partial charge in [-0.05, 0) is 49.7 Å². The summed E-state index contributed by atoms with van der Waals surface area (Å²) < 4.78 is 5.70. The molecule has 2 N–H and O–H groups in total. The molecule has 1 aliphatic heterocycles. The molecule has 2 fully saturated rings. The van der Waals surface area contributed by atoms with Crippen molar-refractivity contribution in [3.8, 4) is 0 Å². The van der Waals surface area contributed by atoms with E-state index < -0.39 is 0 Å². The smallest absolute Gasteiger partial charge is 0.0593 e. The molecular weight excluding hydrogens is 232 g/mol. The number of hydrogen-bond acceptors (Lipinski definition) is 4. The van der Waals surface area contributed by atoms with Gasteiger partial charge in [0.1, 0.15) is 0 Å². The Kier molecular flexibility index (Phi) is 5.60. The maximum Gasteiger partial charge on any atom is 0.0593 e. The van der Waals surface area contributed by atoms with Gasteiger partial charge in [-0.15, -0.1) is 0 Å². The lowest BCUT2D eigenvalue weighted by molar-refractivity contribution is 0.0833. The topological polar surface area (TPSA) is 38.5 Å². The van der Waals surface area contributed by atoms with E-state index in [0.717, 1.165) is 38.1 Å². The van der Waals surface area contributed by atoms with E-state index in [1.54, 1.807) is 0 Å². The highest BCUT2D eigenvalue weighted by atomic mass is 32.2. The van der Waals surface area contributed by atoms with Crippen LogP contribution in [-0.2, 0) is 4.74 Å². The predicted octanol–water partition coefficient (Wildman–Crippen LogP) is 1.43. The Morgan fingerprint density at radius 3 is 2.82 bits per heavy atom. The third kappa shape index (κ3) is 4.43. The molecule has 0 aromatic rings. The average Bonchev–Trinajstić information content (AvgIpc) is 3.00. The van der Waals surface area contributed by atoms with E-state index in [9.17, 15) is 0 Å². The highest BCUT2D eigenvalue weighted by Crippen LogP contribution is 2.29. The maximum atomic E-state index is 5.92. The van der Waals surface area contributed by atoms with Crippen LogP contribution in [0.1, 0.15) is 19.3 Å². The lowest BCUT2D eigenvalue weighted by atomic mass is 9.98. The van der Waals surface area contributed by atoms with Crippen LogP contribution in [0.25, 0.3) is 0 Å². The van der Waals surface area contributed by atoms with Gasteiger partial charge < -0.3 is 10.5 Å². The Morgan fingerprint density at radius 1 is 1.41 bits per heavy atom. The van der Waals surface area contributed by atoms with Gasteiger partial charge in [-0.25, -0.2) is 0 Å². The van der Waals surface area contributed by atoms with Crippen LogP contribution < -0.4 is 5.73 Å². The van der Waals surface area contributed by atoms with E-state index in [4.69, 9.17) is 10.5 Å². The second-order valence-corrected chi connectivity index (χ2v) is 6.58. The van der Waals surface area contributed by atoms with Crippen molar-refractivity contribution in [2.75, 3.05) is 44.9 Å². The van der Waals surface area contributed by atoms with Gasteiger partial charge in [-0.3, -0.25) is 4.90 Å². The van der Waals surface area contributed by atoms with Gasteiger partial charge in [0.15, 0.2) is 0 Å². The van der Waals surface area contributed by atoms with Gasteiger partial charge in [-0.1, -0.05) is 0 Å². The van der Waals surface area contributed by atoms with Crippen molar-refractivity contribution >= 4 is 11.8 Å². The molecule has 0 aromatic carbocycles. The van der Waals surface area contributed by atoms with E-state index >= 15 is 0 Å². The van der Waals surface area contributed by atoms with Gasteiger partial charge in [0.05, 0.1) is 6.61 Å². The van der Waals surface area contributed by atoms with E-state index in [1.165, 1.54) is 30.8 Å². The molecule has 2 rings (SSSR count). The Morgan fingerprint density at radius 2 is 2.24 bits per heavy atom. The number of ether oxygens (including phenoxy) is 1. The molecule has 1 saturated carbocycles. The van der Waals surface area contributed by atoms with Crippen molar-refractivity contribution in [1.29, 1.82) is 0 Å². The second-order valence-electron chi connectivity index (χ2n) is 5.43. The van der Waals surface area contributed by atoms with Crippen LogP contribution in [0.15, 0.2) is 0 Å². The highest BCUT2D eigenvalue weighted by molar-refractivity contribution is 7.99. The monoisotopic (exact) mass is 258 g/mol. The molecule has 1 heterocycles. The third-order valence-electron chi connectivity index (χ3n) is 3.96. The fourth-order valence-corrected chi connectivity index (χ4v) is 3.83. The lowest BCUT2D eigenvalue weighted by Gasteiger charge is -2.31. The molecule has 0 aromatic heterocycles. The van der Waals surface area contributed by atoms with Crippen molar-refractivity contribution in [3.63, 3.8) is 0 Å². The molecule has 0 bridgehead atoms. The van der Waals surface area contributed by atoms with E-state index in [0.29, 0.717) is 6.04 Å². The number of likely N-dealkylation sites (N-methyl/N-ethyl adjacent to an activating group) is 1. The molecule has 4 heteroatoms. The largest absolute Gasteiger partial charge is 0.380 e. The van der Waals surface area contributed by atoms with Gasteiger partial charge >= 0.3 is 0 Å². The number of nitrogens with two attached hydrogens (primary N) is 1. The van der Waals surface area contributed by atoms with Gasteiger partial charge in [0, 0.05) is 25.7 Å². The minimum atomic E-state index is 0.550. The van der Waals surface area contributed by atoms with Gasteiger partial charge in [0.2, 0.25) is 0 Å². The molecule has 0 radical (unpaired) electrons. The van der Waals surface area contributed by atoms with E-state index in [-0.39, 0.29) is 0 Å². The number of rotatable bonds is 8. The number of thioether (sulfide) groups is 1. The molecule has 0 spiro atoms. The normalized spacial score (nSPS) is 26.6. The Bertz CT molecular complexity index is 217. The molecule has 1 saturated heterocycles. The van der Waals surface area contributed by atoms with Crippen LogP contribution in [0.3, 0.4) is 0 Å². The Hall–Kier alpha value is 0.230. The number of hydrogen-bond donors (Lipinski definition) is 1. The van der Waals surface area contributed by atoms with E-state index in [2.05, 4.69) is 23.7 Å². The molecule has 100 valence electrons. The highest BCUT2D eigenvalue weighted by Gasteiger charge is 2.27. The fourth-order valence-electron chi connectivity index (χ4n) is 2.50.